The second-order valence-corrected chi connectivity index (χ2v) is 5.45. The summed E-state index contributed by atoms with van der Waals surface area (Å²) < 4.78 is 10.6. The highest BCUT2D eigenvalue weighted by molar-refractivity contribution is 5.97. The molecule has 2 aromatic rings. The number of urea groups is 1. The smallest absolute Gasteiger partial charge is 0.345 e. The lowest BCUT2D eigenvalue weighted by Gasteiger charge is -2.17. The lowest BCUT2D eigenvalue weighted by molar-refractivity contribution is -0.158. The molecule has 0 saturated heterocycles. The third kappa shape index (κ3) is 5.62. The van der Waals surface area contributed by atoms with E-state index in [0.29, 0.717) is 11.3 Å². The summed E-state index contributed by atoms with van der Waals surface area (Å²) in [7, 11) is 1.38. The first kappa shape index (κ1) is 19.0. The minimum atomic E-state index is -1.26. The second kappa shape index (κ2) is 9.22. The molecule has 7 heteroatoms. The Morgan fingerprint density at radius 2 is 1.77 bits per heavy atom. The Morgan fingerprint density at radius 1 is 1.04 bits per heavy atom. The number of ether oxygens (including phenoxy) is 2. The van der Waals surface area contributed by atoms with Crippen molar-refractivity contribution in [1.82, 2.24) is 10.6 Å². The van der Waals surface area contributed by atoms with Crippen LogP contribution in [-0.2, 0) is 14.3 Å². The molecule has 136 valence electrons. The zero-order valence-electron chi connectivity index (χ0n) is 14.5. The van der Waals surface area contributed by atoms with Crippen LogP contribution in [0.3, 0.4) is 0 Å². The van der Waals surface area contributed by atoms with Gasteiger partial charge in [-0.1, -0.05) is 42.5 Å². The highest BCUT2D eigenvalue weighted by Crippen LogP contribution is 2.18. The van der Waals surface area contributed by atoms with Crippen molar-refractivity contribution in [3.8, 4) is 5.75 Å². The highest BCUT2D eigenvalue weighted by atomic mass is 16.6. The Morgan fingerprint density at radius 3 is 2.42 bits per heavy atom. The summed E-state index contributed by atoms with van der Waals surface area (Å²) in [6.45, 7) is 1.54. The molecule has 1 atom stereocenters. The first-order chi connectivity index (χ1) is 12.5. The zero-order chi connectivity index (χ0) is 18.9. The molecule has 0 aliphatic heterocycles. The van der Waals surface area contributed by atoms with Gasteiger partial charge < -0.3 is 14.8 Å². The third-order valence-electron chi connectivity index (χ3n) is 3.40. The molecule has 0 aliphatic rings. The summed E-state index contributed by atoms with van der Waals surface area (Å²) in [5.74, 6) is -0.958. The van der Waals surface area contributed by atoms with Crippen LogP contribution in [0, 0.1) is 6.92 Å². The lowest BCUT2D eigenvalue weighted by Crippen LogP contribution is -2.41. The number of esters is 1. The van der Waals surface area contributed by atoms with Gasteiger partial charge in [0.2, 0.25) is 6.10 Å². The fourth-order valence-corrected chi connectivity index (χ4v) is 2.15. The van der Waals surface area contributed by atoms with Gasteiger partial charge in [-0.25, -0.2) is 9.59 Å². The molecule has 0 spiro atoms. The van der Waals surface area contributed by atoms with Crippen LogP contribution in [0.25, 0.3) is 0 Å². The number of nitrogens with one attached hydrogen (secondary N) is 2. The van der Waals surface area contributed by atoms with Gasteiger partial charge in [-0.2, -0.15) is 0 Å². The van der Waals surface area contributed by atoms with Gasteiger partial charge in [-0.05, 0) is 24.6 Å². The molecule has 0 radical (unpaired) electrons. The molecule has 3 amide bonds. The van der Waals surface area contributed by atoms with E-state index in [9.17, 15) is 14.4 Å². The molecule has 0 aromatic heterocycles. The number of carbonyl (C=O) groups excluding carboxylic acids is 3. The van der Waals surface area contributed by atoms with Crippen molar-refractivity contribution < 1.29 is 23.9 Å². The lowest BCUT2D eigenvalue weighted by atomic mass is 10.1. The van der Waals surface area contributed by atoms with Crippen LogP contribution in [0.1, 0.15) is 17.2 Å². The van der Waals surface area contributed by atoms with E-state index in [1.807, 2.05) is 13.0 Å². The number of aryl methyl sites for hydroxylation is 1. The summed E-state index contributed by atoms with van der Waals surface area (Å²) in [6.07, 6.45) is -1.26. The SMILES string of the molecule is CNC(=O)NC(=O)[C@H](OC(=O)COc1cccc(C)c1)c1ccccc1. The predicted molar refractivity (Wildman–Crippen MR) is 94.5 cm³/mol. The summed E-state index contributed by atoms with van der Waals surface area (Å²) in [4.78, 5) is 35.8. The van der Waals surface area contributed by atoms with E-state index in [4.69, 9.17) is 9.47 Å². The summed E-state index contributed by atoms with van der Waals surface area (Å²) >= 11 is 0. The number of imide groups is 1. The molecule has 0 bridgehead atoms. The molecule has 26 heavy (non-hydrogen) atoms. The minimum absolute atomic E-state index is 0.361. The molecule has 0 unspecified atom stereocenters. The number of carbonyl (C=O) groups is 3. The maximum atomic E-state index is 12.3. The summed E-state index contributed by atoms with van der Waals surface area (Å²) in [5.41, 5.74) is 1.43. The maximum Gasteiger partial charge on any atom is 0.345 e. The van der Waals surface area contributed by atoms with Crippen molar-refractivity contribution in [2.24, 2.45) is 0 Å². The monoisotopic (exact) mass is 356 g/mol. The Bertz CT molecular complexity index is 777. The molecule has 2 aromatic carbocycles. The Labute approximate surface area is 151 Å². The molecule has 2 rings (SSSR count). The van der Waals surface area contributed by atoms with Crippen molar-refractivity contribution >= 4 is 17.9 Å². The van der Waals surface area contributed by atoms with Gasteiger partial charge >= 0.3 is 12.0 Å². The van der Waals surface area contributed by atoms with E-state index in [-0.39, 0.29) is 6.61 Å². The van der Waals surface area contributed by atoms with Crippen LogP contribution in [-0.4, -0.2) is 31.6 Å². The molecule has 0 aliphatic carbocycles. The standard InChI is InChI=1S/C19H20N2O5/c1-13-7-6-10-15(11-13)25-12-16(22)26-17(14-8-4-3-5-9-14)18(23)21-19(24)20-2/h3-11,17H,12H2,1-2H3,(H2,20,21,23,24)/t17-/m1/s1. The highest BCUT2D eigenvalue weighted by Gasteiger charge is 2.26. The van der Waals surface area contributed by atoms with Gasteiger partial charge in [0.25, 0.3) is 5.91 Å². The van der Waals surface area contributed by atoms with Crippen LogP contribution in [0.2, 0.25) is 0 Å². The molecular formula is C19H20N2O5. The average molecular weight is 356 g/mol. The Kier molecular flexibility index (Phi) is 6.73. The first-order valence-corrected chi connectivity index (χ1v) is 7.96. The molecule has 2 N–H and O–H groups in total. The normalized spacial score (nSPS) is 11.2. The van der Waals surface area contributed by atoms with E-state index in [1.165, 1.54) is 7.05 Å². The number of benzene rings is 2. The van der Waals surface area contributed by atoms with Crippen molar-refractivity contribution in [1.29, 1.82) is 0 Å². The molecule has 7 nitrogen and oxygen atoms in total. The van der Waals surface area contributed by atoms with Crippen LogP contribution < -0.4 is 15.4 Å². The third-order valence-corrected chi connectivity index (χ3v) is 3.40. The van der Waals surface area contributed by atoms with E-state index in [0.717, 1.165) is 5.56 Å². The van der Waals surface area contributed by atoms with Crippen molar-refractivity contribution in [2.45, 2.75) is 13.0 Å². The van der Waals surface area contributed by atoms with Gasteiger partial charge in [-0.15, -0.1) is 0 Å². The minimum Gasteiger partial charge on any atom is -0.482 e. The zero-order valence-corrected chi connectivity index (χ0v) is 14.5. The van der Waals surface area contributed by atoms with Crippen LogP contribution in [0.15, 0.2) is 54.6 Å². The van der Waals surface area contributed by atoms with Crippen LogP contribution in [0.4, 0.5) is 4.79 Å². The largest absolute Gasteiger partial charge is 0.482 e. The predicted octanol–water partition coefficient (Wildman–Crippen LogP) is 2.11. The van der Waals surface area contributed by atoms with Crippen molar-refractivity contribution in [2.75, 3.05) is 13.7 Å². The van der Waals surface area contributed by atoms with E-state index in [2.05, 4.69) is 10.6 Å². The van der Waals surface area contributed by atoms with Crippen LogP contribution >= 0.6 is 0 Å². The van der Waals surface area contributed by atoms with Gasteiger partial charge in [0.15, 0.2) is 6.61 Å². The Hall–Kier alpha value is -3.35. The summed E-state index contributed by atoms with van der Waals surface area (Å²) in [5, 5.41) is 4.38. The second-order valence-electron chi connectivity index (χ2n) is 5.45. The van der Waals surface area contributed by atoms with Crippen molar-refractivity contribution in [3.63, 3.8) is 0 Å². The number of amides is 3. The van der Waals surface area contributed by atoms with Crippen LogP contribution in [0.5, 0.6) is 5.75 Å². The molecule has 0 fully saturated rings. The van der Waals surface area contributed by atoms with E-state index < -0.39 is 24.0 Å². The number of hydrogen-bond donors (Lipinski definition) is 2. The summed E-state index contributed by atoms with van der Waals surface area (Å²) in [6, 6.07) is 14.9. The van der Waals surface area contributed by atoms with Gasteiger partial charge in [0.05, 0.1) is 0 Å². The van der Waals surface area contributed by atoms with E-state index >= 15 is 0 Å². The topological polar surface area (TPSA) is 93.7 Å². The van der Waals surface area contributed by atoms with Crippen molar-refractivity contribution in [3.05, 3.63) is 65.7 Å². The van der Waals surface area contributed by atoms with Gasteiger partial charge in [0.1, 0.15) is 5.75 Å². The van der Waals surface area contributed by atoms with Gasteiger partial charge in [0, 0.05) is 12.6 Å². The Balaban J connectivity index is 2.04. The molecule has 0 heterocycles. The molecular weight excluding hydrogens is 336 g/mol. The fraction of sp³-hybridized carbons (Fsp3) is 0.211. The fourth-order valence-electron chi connectivity index (χ4n) is 2.15. The maximum absolute atomic E-state index is 12.3. The average Bonchev–Trinajstić information content (AvgIpc) is 2.65. The number of rotatable bonds is 6. The van der Waals surface area contributed by atoms with Gasteiger partial charge in [-0.3, -0.25) is 10.1 Å². The quantitative estimate of drug-likeness (QED) is 0.773. The number of hydrogen-bond acceptors (Lipinski definition) is 5. The van der Waals surface area contributed by atoms with E-state index in [1.54, 1.807) is 48.5 Å². The first-order valence-electron chi connectivity index (χ1n) is 7.96. The molecule has 0 saturated carbocycles.